The van der Waals surface area contributed by atoms with Crippen LogP contribution in [0.15, 0.2) is 24.3 Å². The van der Waals surface area contributed by atoms with Gasteiger partial charge in [-0.2, -0.15) is 17.6 Å². The average Bonchev–Trinajstić information content (AvgIpc) is 3.22. The maximum atomic E-state index is 14.6. The van der Waals surface area contributed by atoms with Crippen LogP contribution in [0.5, 0.6) is 5.75 Å². The van der Waals surface area contributed by atoms with Crippen molar-refractivity contribution in [3.63, 3.8) is 0 Å². The quantitative estimate of drug-likeness (QED) is 0.431. The number of nitrogens with two attached hydrogens (primary N) is 1. The van der Waals surface area contributed by atoms with Crippen molar-refractivity contribution in [3.8, 4) is 5.75 Å². The number of nitrogens with zero attached hydrogens (tertiary/aromatic N) is 2. The van der Waals surface area contributed by atoms with Crippen LogP contribution in [0.1, 0.15) is 35.8 Å². The van der Waals surface area contributed by atoms with Crippen LogP contribution < -0.4 is 21.1 Å². The van der Waals surface area contributed by atoms with Gasteiger partial charge in [0.25, 0.3) is 11.8 Å². The first kappa shape index (κ1) is 30.9. The molecule has 4 N–H and O–H groups in total. The predicted octanol–water partition coefficient (Wildman–Crippen LogP) is 3.41. The molecule has 1 aromatic heterocycles. The molecule has 3 heterocycles. The van der Waals surface area contributed by atoms with Crippen LogP contribution in [-0.2, 0) is 14.3 Å². The Labute approximate surface area is 236 Å². The van der Waals surface area contributed by atoms with Crippen LogP contribution in [0.25, 0.3) is 0 Å². The summed E-state index contributed by atoms with van der Waals surface area (Å²) in [7, 11) is 1.01. The molecule has 2 saturated heterocycles. The zero-order valence-corrected chi connectivity index (χ0v) is 22.7. The summed E-state index contributed by atoms with van der Waals surface area (Å²) in [5.74, 6) is -8.67. The minimum atomic E-state index is -4.96. The van der Waals surface area contributed by atoms with Gasteiger partial charge in [0.1, 0.15) is 17.6 Å². The summed E-state index contributed by atoms with van der Waals surface area (Å²) in [5, 5.41) is 4.85. The van der Waals surface area contributed by atoms with E-state index in [2.05, 4.69) is 15.6 Å². The minimum absolute atomic E-state index is 0.158. The number of alkyl halides is 3. The Bertz CT molecular complexity index is 1390. The van der Waals surface area contributed by atoms with Crippen LogP contribution in [0.2, 0.25) is 0 Å². The second-order valence-corrected chi connectivity index (χ2v) is 9.95. The number of benzene rings is 1. The molecule has 2 fully saturated rings. The fraction of sp³-hybridized carbons (Fsp3) is 0.462. The maximum Gasteiger partial charge on any atom is 0.417 e. The number of anilines is 2. The Balaban J connectivity index is 1.69. The molecule has 2 aromatic rings. The molecule has 0 spiro atoms. The van der Waals surface area contributed by atoms with Crippen LogP contribution >= 0.6 is 0 Å². The number of carbonyl (C=O) groups is 3. The smallest absolute Gasteiger partial charge is 0.417 e. The van der Waals surface area contributed by atoms with E-state index in [1.54, 1.807) is 0 Å². The highest BCUT2D eigenvalue weighted by molar-refractivity contribution is 5.99. The van der Waals surface area contributed by atoms with Crippen LogP contribution in [0.4, 0.5) is 38.3 Å². The zero-order valence-electron chi connectivity index (χ0n) is 22.7. The fourth-order valence-corrected chi connectivity index (χ4v) is 5.00. The minimum Gasteiger partial charge on any atom is -0.493 e. The van der Waals surface area contributed by atoms with Gasteiger partial charge in [-0.1, -0.05) is 13.0 Å². The van der Waals surface area contributed by atoms with Crippen LogP contribution in [-0.4, -0.2) is 79.0 Å². The van der Waals surface area contributed by atoms with Gasteiger partial charge < -0.3 is 30.2 Å². The predicted molar refractivity (Wildman–Crippen MR) is 137 cm³/mol. The van der Waals surface area contributed by atoms with Gasteiger partial charge in [-0.15, -0.1) is 0 Å². The molecule has 0 saturated carbocycles. The molecular formula is C26H28F5N5O6. The summed E-state index contributed by atoms with van der Waals surface area (Å²) in [6.07, 6.45) is -6.85. The number of ether oxygens (including phenoxy) is 3. The first-order valence-electron chi connectivity index (χ1n) is 12.7. The molecular weight excluding hydrogens is 573 g/mol. The van der Waals surface area contributed by atoms with Gasteiger partial charge in [0.15, 0.2) is 17.2 Å². The van der Waals surface area contributed by atoms with Gasteiger partial charge in [0, 0.05) is 42.2 Å². The zero-order chi connectivity index (χ0) is 31.0. The lowest BCUT2D eigenvalue weighted by Crippen LogP contribution is -2.47. The van der Waals surface area contributed by atoms with Crippen molar-refractivity contribution < 1.29 is 50.5 Å². The van der Waals surface area contributed by atoms with E-state index in [0.29, 0.717) is 19.3 Å². The molecule has 4 rings (SSSR count). The van der Waals surface area contributed by atoms with E-state index in [0.717, 1.165) is 32.2 Å². The molecule has 4 amide bonds. The molecule has 1 aromatic carbocycles. The van der Waals surface area contributed by atoms with Gasteiger partial charge in [0.2, 0.25) is 5.82 Å². The Morgan fingerprint density at radius 1 is 1.14 bits per heavy atom. The van der Waals surface area contributed by atoms with E-state index < -0.39 is 64.9 Å². The van der Waals surface area contributed by atoms with Gasteiger partial charge in [0.05, 0.1) is 20.3 Å². The second-order valence-electron chi connectivity index (χ2n) is 9.95. The number of morpholine rings is 1. The van der Waals surface area contributed by atoms with Crippen molar-refractivity contribution >= 4 is 29.4 Å². The molecule has 2 aliphatic heterocycles. The number of rotatable bonds is 6. The number of methoxy groups -OCH3 is 1. The molecule has 16 heteroatoms. The monoisotopic (exact) mass is 601 g/mol. The van der Waals surface area contributed by atoms with E-state index in [-0.39, 0.29) is 35.9 Å². The third-order valence-corrected chi connectivity index (χ3v) is 7.45. The number of urea groups is 1. The highest BCUT2D eigenvalue weighted by Gasteiger charge is 2.66. The largest absolute Gasteiger partial charge is 0.493 e. The number of carbonyl (C=O) groups excluding carboxylic acids is 3. The number of hydrogen-bond acceptors (Lipinski definition) is 7. The summed E-state index contributed by atoms with van der Waals surface area (Å²) in [4.78, 5) is 43.4. The summed E-state index contributed by atoms with van der Waals surface area (Å²) >= 11 is 0. The van der Waals surface area contributed by atoms with E-state index in [1.807, 2.05) is 0 Å². The standard InChI is InChI=1S/C26H28F5N5O6/c1-12-18(14-4-5-15(27)19(28)20(14)40-3)21(42-25(12,2)26(29,30)31)23(38)33-13-10-16(22(32)37)34-17(11-13)35-24(39)36-6-8-41-9-7-36/h4-5,10-12,18,21H,6-9H2,1-3H3,(H2,32,37)(H2,33,34,35,38,39)/t12-,18-,21+,25+/m0/s1. The SMILES string of the molecule is COc1c([C@H]2[C@H](C(=O)Nc3cc(NC(=O)N4CCOCC4)nc(C(N)=O)c3)O[C@@](C)(C(F)(F)F)[C@H]2C)ccc(F)c1F. The third-order valence-electron chi connectivity index (χ3n) is 7.45. The number of hydrogen-bond donors (Lipinski definition) is 3. The van der Waals surface area contributed by atoms with Gasteiger partial charge in [-0.05, 0) is 19.1 Å². The third kappa shape index (κ3) is 5.81. The van der Waals surface area contributed by atoms with Crippen molar-refractivity contribution in [2.45, 2.75) is 37.6 Å². The van der Waals surface area contributed by atoms with Gasteiger partial charge in [-0.25, -0.2) is 14.2 Å². The van der Waals surface area contributed by atoms with Crippen LogP contribution in [0.3, 0.4) is 0 Å². The Morgan fingerprint density at radius 3 is 2.40 bits per heavy atom. The highest BCUT2D eigenvalue weighted by Crippen LogP contribution is 2.55. The van der Waals surface area contributed by atoms with Crippen molar-refractivity contribution in [1.29, 1.82) is 0 Å². The number of primary amides is 1. The molecule has 4 atom stereocenters. The normalized spacial score (nSPS) is 24.3. The molecule has 2 aliphatic rings. The van der Waals surface area contributed by atoms with E-state index in [9.17, 15) is 36.3 Å². The summed E-state index contributed by atoms with van der Waals surface area (Å²) < 4.78 is 86.7. The molecule has 11 nitrogen and oxygen atoms in total. The molecule has 228 valence electrons. The molecule has 0 bridgehead atoms. The van der Waals surface area contributed by atoms with Crippen LogP contribution in [0, 0.1) is 17.6 Å². The number of nitrogens with one attached hydrogen (secondary N) is 2. The van der Waals surface area contributed by atoms with Gasteiger partial charge in [-0.3, -0.25) is 14.9 Å². The Morgan fingerprint density at radius 2 is 1.81 bits per heavy atom. The Kier molecular flexibility index (Phi) is 8.59. The van der Waals surface area contributed by atoms with Crippen molar-refractivity contribution in [1.82, 2.24) is 9.88 Å². The van der Waals surface area contributed by atoms with Crippen molar-refractivity contribution in [2.24, 2.45) is 11.7 Å². The molecule has 42 heavy (non-hydrogen) atoms. The summed E-state index contributed by atoms with van der Waals surface area (Å²) in [6, 6.07) is 3.38. The van der Waals surface area contributed by atoms with Crippen molar-refractivity contribution in [2.75, 3.05) is 44.0 Å². The second kappa shape index (κ2) is 11.7. The lowest BCUT2D eigenvalue weighted by atomic mass is 9.77. The number of pyridine rings is 1. The van der Waals surface area contributed by atoms with E-state index >= 15 is 0 Å². The molecule has 0 aliphatic carbocycles. The number of aromatic nitrogens is 1. The molecule has 0 unspecified atom stereocenters. The molecule has 0 radical (unpaired) electrons. The summed E-state index contributed by atoms with van der Waals surface area (Å²) in [6.45, 7) is 3.11. The number of halogens is 5. The van der Waals surface area contributed by atoms with Crippen molar-refractivity contribution in [3.05, 3.63) is 47.2 Å². The topological polar surface area (TPSA) is 145 Å². The first-order valence-corrected chi connectivity index (χ1v) is 12.7. The lowest BCUT2D eigenvalue weighted by Gasteiger charge is -2.32. The van der Waals surface area contributed by atoms with E-state index in [4.69, 9.17) is 19.9 Å². The fourth-order valence-electron chi connectivity index (χ4n) is 5.00. The number of amides is 4. The maximum absolute atomic E-state index is 14.6. The average molecular weight is 602 g/mol. The Hall–Kier alpha value is -4.05. The summed E-state index contributed by atoms with van der Waals surface area (Å²) in [5.41, 5.74) is 1.73. The first-order chi connectivity index (χ1) is 19.7. The highest BCUT2D eigenvalue weighted by atomic mass is 19.4. The van der Waals surface area contributed by atoms with Gasteiger partial charge >= 0.3 is 12.2 Å². The van der Waals surface area contributed by atoms with E-state index in [1.165, 1.54) is 11.8 Å². The lowest BCUT2D eigenvalue weighted by molar-refractivity contribution is -0.272.